The zero-order chi connectivity index (χ0) is 16.6. The van der Waals surface area contributed by atoms with Gasteiger partial charge in [-0.3, -0.25) is 4.79 Å². The molecule has 0 unspecified atom stereocenters. The smallest absolute Gasteiger partial charge is 0.259 e. The number of aromatic amines is 1. The number of amides is 1. The molecule has 3 heterocycles. The molecule has 2 aliphatic rings. The lowest BCUT2D eigenvalue weighted by Crippen LogP contribution is -2.55. The van der Waals surface area contributed by atoms with Crippen molar-refractivity contribution in [3.63, 3.8) is 0 Å². The molecule has 0 atom stereocenters. The van der Waals surface area contributed by atoms with Gasteiger partial charge in [0.05, 0.1) is 10.6 Å². The third-order valence-corrected chi connectivity index (χ3v) is 5.77. The minimum atomic E-state index is -0.197. The molecule has 1 amide bonds. The number of anilines is 1. The molecule has 4 N–H and O–H groups in total. The number of fused-ring (bicyclic) bond motifs is 1. The molecule has 1 fully saturated rings. The Morgan fingerprint density at radius 3 is 3.04 bits per heavy atom. The van der Waals surface area contributed by atoms with Crippen LogP contribution in [-0.2, 0) is 4.79 Å². The first kappa shape index (κ1) is 18.1. The molecule has 0 saturated heterocycles. The number of carbonyl (C=O) groups is 1. The van der Waals surface area contributed by atoms with Gasteiger partial charge in [-0.2, -0.15) is 0 Å². The van der Waals surface area contributed by atoms with Gasteiger partial charge in [0, 0.05) is 48.4 Å². The van der Waals surface area contributed by atoms with Crippen molar-refractivity contribution in [1.29, 1.82) is 0 Å². The van der Waals surface area contributed by atoms with Crippen molar-refractivity contribution in [2.45, 2.75) is 24.8 Å². The minimum absolute atomic E-state index is 0. The van der Waals surface area contributed by atoms with Crippen LogP contribution in [0.3, 0.4) is 0 Å². The maximum absolute atomic E-state index is 12.5. The van der Waals surface area contributed by atoms with Crippen LogP contribution in [0.2, 0.25) is 0 Å². The molecule has 0 bridgehead atoms. The van der Waals surface area contributed by atoms with Gasteiger partial charge < -0.3 is 20.9 Å². The molecular weight excluding hydrogens is 358 g/mol. The molecule has 0 radical (unpaired) electrons. The number of H-pyrrole nitrogens is 1. The average Bonchev–Trinajstić information content (AvgIpc) is 3.06. The standard InChI is InChI=1S/C17H21N5OS.ClH/c18-17(4-1-5-17)11-21-16(23)14-10-22(8-9-24-14)13-3-7-20-15-12(13)2-6-19-15;/h2-3,6-7,10H,1,4-5,8-9,11,18H2,(H,19,20)(H,21,23);1H. The lowest BCUT2D eigenvalue weighted by Gasteiger charge is -2.38. The molecule has 2 aromatic heterocycles. The maximum atomic E-state index is 12.5. The fourth-order valence-corrected chi connectivity index (χ4v) is 4.07. The van der Waals surface area contributed by atoms with Gasteiger partial charge in [0.1, 0.15) is 5.65 Å². The van der Waals surface area contributed by atoms with Gasteiger partial charge in [-0.1, -0.05) is 0 Å². The van der Waals surface area contributed by atoms with Crippen molar-refractivity contribution >= 4 is 46.8 Å². The van der Waals surface area contributed by atoms with Crippen LogP contribution >= 0.6 is 24.2 Å². The Morgan fingerprint density at radius 2 is 2.28 bits per heavy atom. The van der Waals surface area contributed by atoms with E-state index in [0.717, 1.165) is 53.2 Å². The fraction of sp³-hybridized carbons (Fsp3) is 0.412. The minimum Gasteiger partial charge on any atom is -0.350 e. The zero-order valence-corrected chi connectivity index (χ0v) is 15.5. The van der Waals surface area contributed by atoms with Gasteiger partial charge in [-0.05, 0) is 31.4 Å². The Labute approximate surface area is 157 Å². The van der Waals surface area contributed by atoms with E-state index in [-0.39, 0.29) is 23.9 Å². The van der Waals surface area contributed by atoms with Gasteiger partial charge in [-0.15, -0.1) is 24.2 Å². The summed E-state index contributed by atoms with van der Waals surface area (Å²) >= 11 is 1.60. The number of pyridine rings is 1. The second-order valence-electron chi connectivity index (χ2n) is 6.50. The fourth-order valence-electron chi connectivity index (χ4n) is 3.16. The first-order chi connectivity index (χ1) is 11.6. The largest absolute Gasteiger partial charge is 0.350 e. The van der Waals surface area contributed by atoms with E-state index in [1.54, 1.807) is 18.0 Å². The first-order valence-corrected chi connectivity index (χ1v) is 9.24. The SMILES string of the molecule is Cl.NC1(CNC(=O)C2=CN(c3ccnc4[nH]ccc34)CCS2)CCC1. The third kappa shape index (κ3) is 3.63. The number of nitrogens with zero attached hydrogens (tertiary/aromatic N) is 2. The Hall–Kier alpha value is -1.70. The monoisotopic (exact) mass is 379 g/mol. The van der Waals surface area contributed by atoms with Gasteiger partial charge in [0.25, 0.3) is 5.91 Å². The van der Waals surface area contributed by atoms with Gasteiger partial charge in [-0.25, -0.2) is 4.98 Å². The number of rotatable bonds is 4. The van der Waals surface area contributed by atoms with Crippen LogP contribution in [-0.4, -0.2) is 40.3 Å². The molecule has 134 valence electrons. The van der Waals surface area contributed by atoms with Crippen LogP contribution in [0.4, 0.5) is 5.69 Å². The summed E-state index contributed by atoms with van der Waals surface area (Å²) in [5.74, 6) is 0.849. The van der Waals surface area contributed by atoms with Gasteiger partial charge >= 0.3 is 0 Å². The number of thioether (sulfide) groups is 1. The topological polar surface area (TPSA) is 87.0 Å². The molecular formula is C17H22ClN5OS. The highest BCUT2D eigenvalue weighted by molar-refractivity contribution is 8.04. The number of halogens is 1. The molecule has 4 rings (SSSR count). The molecule has 1 saturated carbocycles. The Balaban J connectivity index is 0.00000182. The lowest BCUT2D eigenvalue weighted by molar-refractivity contribution is -0.117. The molecule has 8 heteroatoms. The van der Waals surface area contributed by atoms with Crippen LogP contribution in [0.15, 0.2) is 35.6 Å². The molecule has 0 spiro atoms. The zero-order valence-electron chi connectivity index (χ0n) is 13.8. The molecule has 6 nitrogen and oxygen atoms in total. The van der Waals surface area contributed by atoms with Gasteiger partial charge in [0.2, 0.25) is 0 Å². The van der Waals surface area contributed by atoms with Crippen LogP contribution in [0.25, 0.3) is 11.0 Å². The van der Waals surface area contributed by atoms with Crippen molar-refractivity contribution < 1.29 is 4.79 Å². The van der Waals surface area contributed by atoms with Crippen LogP contribution in [0, 0.1) is 0 Å². The number of aromatic nitrogens is 2. The highest BCUT2D eigenvalue weighted by atomic mass is 35.5. The predicted octanol–water partition coefficient (Wildman–Crippen LogP) is 2.38. The second-order valence-corrected chi connectivity index (χ2v) is 7.64. The molecule has 1 aliphatic carbocycles. The van der Waals surface area contributed by atoms with E-state index in [9.17, 15) is 4.79 Å². The number of carbonyl (C=O) groups excluding carboxylic acids is 1. The lowest BCUT2D eigenvalue weighted by atomic mass is 9.78. The van der Waals surface area contributed by atoms with E-state index in [1.165, 1.54) is 0 Å². The number of hydrogen-bond donors (Lipinski definition) is 3. The Morgan fingerprint density at radius 1 is 1.44 bits per heavy atom. The van der Waals surface area contributed by atoms with E-state index in [4.69, 9.17) is 5.73 Å². The Bertz CT molecular complexity index is 801. The van der Waals surface area contributed by atoms with E-state index >= 15 is 0 Å². The molecule has 2 aromatic rings. The van der Waals surface area contributed by atoms with Crippen LogP contribution in [0.1, 0.15) is 19.3 Å². The number of nitrogens with one attached hydrogen (secondary N) is 2. The number of hydrogen-bond acceptors (Lipinski definition) is 5. The number of nitrogens with two attached hydrogens (primary N) is 1. The normalized spacial score (nSPS) is 18.9. The highest BCUT2D eigenvalue weighted by Crippen LogP contribution is 2.31. The van der Waals surface area contributed by atoms with Crippen LogP contribution in [0.5, 0.6) is 0 Å². The quantitative estimate of drug-likeness (QED) is 0.759. The maximum Gasteiger partial charge on any atom is 0.259 e. The van der Waals surface area contributed by atoms with E-state index in [2.05, 4.69) is 20.2 Å². The molecule has 1 aliphatic heterocycles. The second kappa shape index (κ2) is 7.27. The summed E-state index contributed by atoms with van der Waals surface area (Å²) in [6.07, 6.45) is 8.76. The van der Waals surface area contributed by atoms with E-state index < -0.39 is 0 Å². The molecule has 25 heavy (non-hydrogen) atoms. The highest BCUT2D eigenvalue weighted by Gasteiger charge is 2.33. The molecule has 0 aromatic carbocycles. The summed E-state index contributed by atoms with van der Waals surface area (Å²) in [7, 11) is 0. The summed E-state index contributed by atoms with van der Waals surface area (Å²) < 4.78 is 0. The van der Waals surface area contributed by atoms with Crippen molar-refractivity contribution in [2.75, 3.05) is 23.7 Å². The van der Waals surface area contributed by atoms with E-state index in [1.807, 2.05) is 24.5 Å². The van der Waals surface area contributed by atoms with Crippen molar-refractivity contribution in [3.8, 4) is 0 Å². The van der Waals surface area contributed by atoms with E-state index in [0.29, 0.717) is 6.54 Å². The average molecular weight is 380 g/mol. The third-order valence-electron chi connectivity index (χ3n) is 4.78. The van der Waals surface area contributed by atoms with Crippen molar-refractivity contribution in [2.24, 2.45) is 5.73 Å². The van der Waals surface area contributed by atoms with Crippen molar-refractivity contribution in [1.82, 2.24) is 15.3 Å². The van der Waals surface area contributed by atoms with Crippen LogP contribution < -0.4 is 16.0 Å². The van der Waals surface area contributed by atoms with Gasteiger partial charge in [0.15, 0.2) is 0 Å². The summed E-state index contributed by atoms with van der Waals surface area (Å²) in [4.78, 5) is 22.8. The summed E-state index contributed by atoms with van der Waals surface area (Å²) in [6.45, 7) is 1.42. The summed E-state index contributed by atoms with van der Waals surface area (Å²) in [6, 6.07) is 4.00. The Kier molecular flexibility index (Phi) is 5.27. The van der Waals surface area contributed by atoms with Crippen molar-refractivity contribution in [3.05, 3.63) is 35.6 Å². The summed E-state index contributed by atoms with van der Waals surface area (Å²) in [5, 5.41) is 4.07. The predicted molar refractivity (Wildman–Crippen MR) is 105 cm³/mol. The first-order valence-electron chi connectivity index (χ1n) is 8.25. The summed E-state index contributed by atoms with van der Waals surface area (Å²) in [5.41, 5.74) is 7.92.